The molecule has 20 heavy (non-hydrogen) atoms. The van der Waals surface area contributed by atoms with Crippen molar-refractivity contribution in [2.75, 3.05) is 7.11 Å². The van der Waals surface area contributed by atoms with Gasteiger partial charge in [-0.3, -0.25) is 0 Å². The molecule has 0 spiro atoms. The van der Waals surface area contributed by atoms with Crippen molar-refractivity contribution in [3.63, 3.8) is 0 Å². The largest absolute Gasteiger partial charge is 0.497 e. The Morgan fingerprint density at radius 2 is 2.05 bits per heavy atom. The average Bonchev–Trinajstić information content (AvgIpc) is 2.77. The lowest BCUT2D eigenvalue weighted by atomic mass is 9.95. The van der Waals surface area contributed by atoms with Crippen LogP contribution in [0.2, 0.25) is 0 Å². The van der Waals surface area contributed by atoms with E-state index in [2.05, 4.69) is 19.9 Å². The van der Waals surface area contributed by atoms with Crippen molar-refractivity contribution in [2.45, 2.75) is 32.5 Å². The van der Waals surface area contributed by atoms with Gasteiger partial charge in [0.05, 0.1) is 13.2 Å². The van der Waals surface area contributed by atoms with Crippen molar-refractivity contribution in [3.05, 3.63) is 45.1 Å². The molecule has 1 unspecified atom stereocenters. The maximum Gasteiger partial charge on any atom is 0.128 e. The summed E-state index contributed by atoms with van der Waals surface area (Å²) in [6.07, 6.45) is -0.00807. The van der Waals surface area contributed by atoms with Gasteiger partial charge in [-0.1, -0.05) is 0 Å². The van der Waals surface area contributed by atoms with Crippen LogP contribution < -0.4 is 9.47 Å². The smallest absolute Gasteiger partial charge is 0.128 e. The third kappa shape index (κ3) is 2.30. The van der Waals surface area contributed by atoms with E-state index in [1.807, 2.05) is 18.2 Å². The number of aliphatic hydroxyl groups excluding tert-OH is 1. The Bertz CT molecular complexity index is 633. The van der Waals surface area contributed by atoms with Gasteiger partial charge in [-0.25, -0.2) is 0 Å². The zero-order chi connectivity index (χ0) is 14.3. The summed E-state index contributed by atoms with van der Waals surface area (Å²) in [4.78, 5) is 2.53. The number of methoxy groups -OCH3 is 1. The molecule has 106 valence electrons. The predicted molar refractivity (Wildman–Crippen MR) is 79.7 cm³/mol. The quantitative estimate of drug-likeness (QED) is 0.910. The average molecular weight is 290 g/mol. The fraction of sp³-hybridized carbons (Fsp3) is 0.375. The summed E-state index contributed by atoms with van der Waals surface area (Å²) < 4.78 is 11.3. The van der Waals surface area contributed by atoms with Crippen molar-refractivity contribution in [1.29, 1.82) is 0 Å². The summed E-state index contributed by atoms with van der Waals surface area (Å²) in [5.74, 6) is 1.49. The standard InChI is InChI=1S/C16H18O3S/c1-9-6-12(10(2)20-9)16-8-14(17)13-7-11(18-3)4-5-15(13)19-16/h4-7,14,16-17H,8H2,1-3H3/t14-,16?/m1/s1. The lowest BCUT2D eigenvalue weighted by Gasteiger charge is -2.30. The second-order valence-electron chi connectivity index (χ2n) is 5.13. The lowest BCUT2D eigenvalue weighted by Crippen LogP contribution is -2.19. The van der Waals surface area contributed by atoms with Gasteiger partial charge in [0.1, 0.15) is 17.6 Å². The minimum atomic E-state index is -0.515. The van der Waals surface area contributed by atoms with Crippen LogP contribution in [0.4, 0.5) is 0 Å². The molecule has 0 bridgehead atoms. The maximum absolute atomic E-state index is 10.4. The predicted octanol–water partition coefficient (Wildman–Crippen LogP) is 3.93. The molecule has 0 saturated carbocycles. The Morgan fingerprint density at radius 3 is 2.70 bits per heavy atom. The molecule has 1 N–H and O–H groups in total. The molecule has 1 aliphatic rings. The van der Waals surface area contributed by atoms with E-state index >= 15 is 0 Å². The zero-order valence-electron chi connectivity index (χ0n) is 11.8. The van der Waals surface area contributed by atoms with Gasteiger partial charge in [0.2, 0.25) is 0 Å². The molecule has 1 aromatic heterocycles. The lowest BCUT2D eigenvalue weighted by molar-refractivity contribution is 0.0654. The van der Waals surface area contributed by atoms with Crippen LogP contribution in [0.25, 0.3) is 0 Å². The number of hydrogen-bond donors (Lipinski definition) is 1. The molecule has 2 atom stereocenters. The normalized spacial score (nSPS) is 21.2. The van der Waals surface area contributed by atoms with Crippen LogP contribution >= 0.6 is 11.3 Å². The summed E-state index contributed by atoms with van der Waals surface area (Å²) in [5, 5.41) is 10.4. The topological polar surface area (TPSA) is 38.7 Å². The summed E-state index contributed by atoms with van der Waals surface area (Å²) in [6.45, 7) is 4.20. The van der Waals surface area contributed by atoms with Crippen LogP contribution in [0.5, 0.6) is 11.5 Å². The number of aryl methyl sites for hydroxylation is 2. The Kier molecular flexibility index (Phi) is 3.44. The molecule has 0 amide bonds. The van der Waals surface area contributed by atoms with Crippen LogP contribution in [-0.2, 0) is 0 Å². The zero-order valence-corrected chi connectivity index (χ0v) is 12.7. The SMILES string of the molecule is COc1ccc2c(c1)[C@H](O)CC(c1cc(C)sc1C)O2. The third-order valence-electron chi connectivity index (χ3n) is 3.71. The Hall–Kier alpha value is -1.52. The van der Waals surface area contributed by atoms with Gasteiger partial charge in [0.15, 0.2) is 0 Å². The van der Waals surface area contributed by atoms with E-state index in [1.54, 1.807) is 18.4 Å². The Labute approximate surface area is 122 Å². The van der Waals surface area contributed by atoms with Crippen molar-refractivity contribution < 1.29 is 14.6 Å². The Morgan fingerprint density at radius 1 is 1.25 bits per heavy atom. The summed E-state index contributed by atoms with van der Waals surface area (Å²) in [7, 11) is 1.62. The summed E-state index contributed by atoms with van der Waals surface area (Å²) in [5.41, 5.74) is 2.00. The number of rotatable bonds is 2. The van der Waals surface area contributed by atoms with E-state index in [1.165, 1.54) is 15.3 Å². The van der Waals surface area contributed by atoms with Crippen LogP contribution in [0.1, 0.15) is 39.5 Å². The molecule has 3 nitrogen and oxygen atoms in total. The molecular weight excluding hydrogens is 272 g/mol. The first-order chi connectivity index (χ1) is 9.58. The molecular formula is C16H18O3S. The highest BCUT2D eigenvalue weighted by molar-refractivity contribution is 7.12. The molecule has 4 heteroatoms. The molecule has 0 saturated heterocycles. The first-order valence-corrected chi connectivity index (χ1v) is 7.49. The van der Waals surface area contributed by atoms with Crippen molar-refractivity contribution in [1.82, 2.24) is 0 Å². The fourth-order valence-corrected chi connectivity index (χ4v) is 3.69. The molecule has 2 heterocycles. The van der Waals surface area contributed by atoms with Crippen molar-refractivity contribution >= 4 is 11.3 Å². The first-order valence-electron chi connectivity index (χ1n) is 6.68. The molecule has 1 aromatic carbocycles. The van der Waals surface area contributed by atoms with E-state index in [4.69, 9.17) is 9.47 Å². The van der Waals surface area contributed by atoms with Gasteiger partial charge in [0.25, 0.3) is 0 Å². The van der Waals surface area contributed by atoms with Crippen LogP contribution in [-0.4, -0.2) is 12.2 Å². The van der Waals surface area contributed by atoms with Gasteiger partial charge < -0.3 is 14.6 Å². The molecule has 0 fully saturated rings. The van der Waals surface area contributed by atoms with Gasteiger partial charge in [-0.2, -0.15) is 0 Å². The number of ether oxygens (including phenoxy) is 2. The van der Waals surface area contributed by atoms with Crippen molar-refractivity contribution in [3.8, 4) is 11.5 Å². The van der Waals surface area contributed by atoms with Crippen LogP contribution in [0.15, 0.2) is 24.3 Å². The van der Waals surface area contributed by atoms with Gasteiger partial charge >= 0.3 is 0 Å². The highest BCUT2D eigenvalue weighted by Crippen LogP contribution is 2.43. The third-order valence-corrected chi connectivity index (χ3v) is 4.69. The molecule has 3 rings (SSSR count). The number of thiophene rings is 1. The van der Waals surface area contributed by atoms with E-state index in [0.29, 0.717) is 6.42 Å². The van der Waals surface area contributed by atoms with E-state index in [9.17, 15) is 5.11 Å². The van der Waals surface area contributed by atoms with E-state index in [-0.39, 0.29) is 6.10 Å². The first kappa shape index (κ1) is 13.5. The number of fused-ring (bicyclic) bond motifs is 1. The summed E-state index contributed by atoms with van der Waals surface area (Å²) >= 11 is 1.77. The summed E-state index contributed by atoms with van der Waals surface area (Å²) in [6, 6.07) is 7.74. The van der Waals surface area contributed by atoms with Crippen LogP contribution in [0.3, 0.4) is 0 Å². The van der Waals surface area contributed by atoms with Crippen LogP contribution in [0, 0.1) is 13.8 Å². The number of hydrogen-bond acceptors (Lipinski definition) is 4. The highest BCUT2D eigenvalue weighted by atomic mass is 32.1. The number of aliphatic hydroxyl groups is 1. The second-order valence-corrected chi connectivity index (χ2v) is 6.59. The van der Waals surface area contributed by atoms with Gasteiger partial charge in [-0.05, 0) is 38.1 Å². The molecule has 0 radical (unpaired) electrons. The molecule has 1 aliphatic heterocycles. The second kappa shape index (κ2) is 5.11. The van der Waals surface area contributed by atoms with Gasteiger partial charge in [0, 0.05) is 27.3 Å². The van der Waals surface area contributed by atoms with E-state index in [0.717, 1.165) is 17.1 Å². The van der Waals surface area contributed by atoms with Gasteiger partial charge in [-0.15, -0.1) is 11.3 Å². The Balaban J connectivity index is 1.94. The van der Waals surface area contributed by atoms with E-state index < -0.39 is 6.10 Å². The maximum atomic E-state index is 10.4. The monoisotopic (exact) mass is 290 g/mol. The highest BCUT2D eigenvalue weighted by Gasteiger charge is 2.29. The number of benzene rings is 1. The minimum absolute atomic E-state index is 0.0733. The molecule has 0 aliphatic carbocycles. The molecule has 2 aromatic rings. The fourth-order valence-electron chi connectivity index (χ4n) is 2.71. The minimum Gasteiger partial charge on any atom is -0.497 e. The van der Waals surface area contributed by atoms with Crippen molar-refractivity contribution in [2.24, 2.45) is 0 Å².